The molecule has 0 aliphatic carbocycles. The third kappa shape index (κ3) is 7.55. The van der Waals surface area contributed by atoms with Gasteiger partial charge in [0.15, 0.2) is 0 Å². The van der Waals surface area contributed by atoms with Crippen LogP contribution in [0.15, 0.2) is 0 Å². The average Bonchev–Trinajstić information content (AvgIpc) is 2.42. The maximum atomic E-state index is 10.4. The molecule has 0 bridgehead atoms. The molecule has 0 aromatic rings. The first-order chi connectivity index (χ1) is 10.2. The predicted octanol–water partition coefficient (Wildman–Crippen LogP) is 2.36. The van der Waals surface area contributed by atoms with Crippen molar-refractivity contribution in [1.82, 2.24) is 10.4 Å². The zero-order chi connectivity index (χ0) is 17.3. The van der Waals surface area contributed by atoms with Crippen molar-refractivity contribution in [2.75, 3.05) is 20.7 Å². The van der Waals surface area contributed by atoms with Crippen LogP contribution in [0.1, 0.15) is 53.4 Å². The zero-order valence-corrected chi connectivity index (χ0v) is 15.1. The lowest BCUT2D eigenvalue weighted by atomic mass is 9.71. The number of rotatable bonds is 11. The summed E-state index contributed by atoms with van der Waals surface area (Å²) in [5.74, 6) is 0.743. The van der Waals surface area contributed by atoms with Gasteiger partial charge in [0.05, 0.1) is 11.5 Å². The highest BCUT2D eigenvalue weighted by molar-refractivity contribution is 4.99. The largest absolute Gasteiger partial charge is 0.396 e. The molecule has 0 aromatic carbocycles. The number of nitrogens with one attached hydrogen (secondary N) is 1. The Hall–Kier alpha value is -0.670. The van der Waals surface area contributed by atoms with Crippen LogP contribution in [-0.4, -0.2) is 42.2 Å². The fraction of sp³-hybridized carbons (Fsp3) is 0.941. The SMILES string of the molecule is CC(C)CC(C[C@@H](C)C(C)(C#N)CCCO)C(O)NN(C)C. The molecule has 0 saturated heterocycles. The third-order valence-electron chi connectivity index (χ3n) is 4.46. The Morgan fingerprint density at radius 3 is 2.23 bits per heavy atom. The fourth-order valence-electron chi connectivity index (χ4n) is 2.90. The lowest BCUT2D eigenvalue weighted by Crippen LogP contribution is -2.45. The van der Waals surface area contributed by atoms with Gasteiger partial charge in [-0.15, -0.1) is 0 Å². The molecule has 130 valence electrons. The van der Waals surface area contributed by atoms with Crippen LogP contribution in [0.5, 0.6) is 0 Å². The molecular formula is C17H35N3O2. The van der Waals surface area contributed by atoms with Crippen LogP contribution < -0.4 is 5.43 Å². The molecule has 0 aliphatic rings. The van der Waals surface area contributed by atoms with Gasteiger partial charge in [0, 0.05) is 26.6 Å². The van der Waals surface area contributed by atoms with Crippen molar-refractivity contribution in [2.45, 2.75) is 59.6 Å². The van der Waals surface area contributed by atoms with E-state index in [0.717, 1.165) is 12.8 Å². The van der Waals surface area contributed by atoms with Crippen molar-refractivity contribution in [3.8, 4) is 6.07 Å². The number of aliphatic hydroxyl groups excluding tert-OH is 2. The summed E-state index contributed by atoms with van der Waals surface area (Å²) in [6.45, 7) is 8.45. The Morgan fingerprint density at radius 2 is 1.82 bits per heavy atom. The molecule has 5 heteroatoms. The Bertz CT molecular complexity index is 341. The molecule has 0 spiro atoms. The number of nitriles is 1. The normalized spacial score (nSPS) is 18.8. The zero-order valence-electron chi connectivity index (χ0n) is 15.1. The van der Waals surface area contributed by atoms with Gasteiger partial charge in [-0.25, -0.2) is 10.4 Å². The maximum Gasteiger partial charge on any atom is 0.120 e. The summed E-state index contributed by atoms with van der Waals surface area (Å²) in [5.41, 5.74) is 2.57. The molecule has 0 aromatic heterocycles. The van der Waals surface area contributed by atoms with Gasteiger partial charge in [-0.2, -0.15) is 5.26 Å². The first kappa shape index (κ1) is 21.3. The second-order valence-electron chi connectivity index (χ2n) is 7.35. The summed E-state index contributed by atoms with van der Waals surface area (Å²) in [5, 5.41) is 30.8. The smallest absolute Gasteiger partial charge is 0.120 e. The van der Waals surface area contributed by atoms with E-state index in [1.165, 1.54) is 0 Å². The number of aliphatic hydroxyl groups is 2. The molecular weight excluding hydrogens is 278 g/mol. The van der Waals surface area contributed by atoms with Crippen LogP contribution >= 0.6 is 0 Å². The Kier molecular flexibility index (Phi) is 9.86. The summed E-state index contributed by atoms with van der Waals surface area (Å²) in [6.07, 6.45) is 2.42. The first-order valence-electron chi connectivity index (χ1n) is 8.30. The van der Waals surface area contributed by atoms with E-state index < -0.39 is 11.6 Å². The molecule has 0 aliphatic heterocycles. The average molecular weight is 313 g/mol. The summed E-state index contributed by atoms with van der Waals surface area (Å²) >= 11 is 0. The highest BCUT2D eigenvalue weighted by Crippen LogP contribution is 2.37. The van der Waals surface area contributed by atoms with Crippen LogP contribution in [0.25, 0.3) is 0 Å². The van der Waals surface area contributed by atoms with Crippen molar-refractivity contribution in [1.29, 1.82) is 5.26 Å². The molecule has 0 fully saturated rings. The number of hydrazine groups is 1. The van der Waals surface area contributed by atoms with Crippen LogP contribution in [0.4, 0.5) is 0 Å². The molecule has 5 nitrogen and oxygen atoms in total. The van der Waals surface area contributed by atoms with E-state index >= 15 is 0 Å². The van der Waals surface area contributed by atoms with E-state index in [1.54, 1.807) is 5.01 Å². The molecule has 0 heterocycles. The van der Waals surface area contributed by atoms with Crippen LogP contribution in [0.3, 0.4) is 0 Å². The number of hydrogen-bond acceptors (Lipinski definition) is 5. The van der Waals surface area contributed by atoms with Gasteiger partial charge < -0.3 is 10.2 Å². The monoisotopic (exact) mass is 313 g/mol. The summed E-state index contributed by atoms with van der Waals surface area (Å²) in [6, 6.07) is 2.43. The molecule has 0 rings (SSSR count). The van der Waals surface area contributed by atoms with Crippen LogP contribution in [0, 0.1) is 34.5 Å². The maximum absolute atomic E-state index is 10.4. The quantitative estimate of drug-likeness (QED) is 0.403. The van der Waals surface area contributed by atoms with E-state index in [2.05, 4.69) is 32.3 Å². The van der Waals surface area contributed by atoms with Gasteiger partial charge in [-0.3, -0.25) is 0 Å². The Balaban J connectivity index is 4.92. The lowest BCUT2D eigenvalue weighted by Gasteiger charge is -2.35. The van der Waals surface area contributed by atoms with Crippen LogP contribution in [0.2, 0.25) is 0 Å². The van der Waals surface area contributed by atoms with Crippen LogP contribution in [-0.2, 0) is 0 Å². The molecule has 22 heavy (non-hydrogen) atoms. The van der Waals surface area contributed by atoms with Gasteiger partial charge in [0.2, 0.25) is 0 Å². The molecule has 0 saturated carbocycles. The van der Waals surface area contributed by atoms with E-state index in [0.29, 0.717) is 18.8 Å². The van der Waals surface area contributed by atoms with Crippen molar-refractivity contribution < 1.29 is 10.2 Å². The Labute approximate surface area is 136 Å². The van der Waals surface area contributed by atoms with Gasteiger partial charge in [0.25, 0.3) is 0 Å². The van der Waals surface area contributed by atoms with Crippen molar-refractivity contribution in [3.63, 3.8) is 0 Å². The molecule has 4 atom stereocenters. The highest BCUT2D eigenvalue weighted by Gasteiger charge is 2.34. The predicted molar refractivity (Wildman–Crippen MR) is 89.6 cm³/mol. The van der Waals surface area contributed by atoms with Gasteiger partial charge >= 0.3 is 0 Å². The van der Waals surface area contributed by atoms with E-state index in [4.69, 9.17) is 5.11 Å². The topological polar surface area (TPSA) is 79.5 Å². The number of hydrogen-bond donors (Lipinski definition) is 3. The van der Waals surface area contributed by atoms with Gasteiger partial charge in [-0.05, 0) is 44.4 Å². The van der Waals surface area contributed by atoms with E-state index in [-0.39, 0.29) is 18.4 Å². The summed E-state index contributed by atoms with van der Waals surface area (Å²) < 4.78 is 0. The molecule has 3 N–H and O–H groups in total. The van der Waals surface area contributed by atoms with E-state index in [1.807, 2.05) is 21.0 Å². The minimum absolute atomic E-state index is 0.0965. The molecule has 3 unspecified atom stereocenters. The van der Waals surface area contributed by atoms with Gasteiger partial charge in [-0.1, -0.05) is 20.8 Å². The molecule has 0 amide bonds. The molecule has 0 radical (unpaired) electrons. The fourth-order valence-corrected chi connectivity index (χ4v) is 2.90. The summed E-state index contributed by atoms with van der Waals surface area (Å²) in [4.78, 5) is 0. The van der Waals surface area contributed by atoms with E-state index in [9.17, 15) is 10.4 Å². The third-order valence-corrected chi connectivity index (χ3v) is 4.46. The lowest BCUT2D eigenvalue weighted by molar-refractivity contribution is -0.00468. The summed E-state index contributed by atoms with van der Waals surface area (Å²) in [7, 11) is 3.72. The first-order valence-corrected chi connectivity index (χ1v) is 8.30. The van der Waals surface area contributed by atoms with Crippen molar-refractivity contribution in [3.05, 3.63) is 0 Å². The minimum atomic E-state index is -0.611. The van der Waals surface area contributed by atoms with Gasteiger partial charge in [0.1, 0.15) is 6.23 Å². The van der Waals surface area contributed by atoms with Crippen molar-refractivity contribution >= 4 is 0 Å². The van der Waals surface area contributed by atoms with Crippen molar-refractivity contribution in [2.24, 2.45) is 23.2 Å². The highest BCUT2D eigenvalue weighted by atomic mass is 16.3. The second-order valence-corrected chi connectivity index (χ2v) is 7.35. The standard InChI is InChI=1S/C17H35N3O2/c1-13(2)10-15(16(22)19-20(5)6)11-14(3)17(4,12-18)8-7-9-21/h13-16,19,21-22H,7-11H2,1-6H3/t14-,15?,16?,17?/m1/s1. The second kappa shape index (κ2) is 10.2. The number of nitrogens with zero attached hydrogens (tertiary/aromatic N) is 2. The Morgan fingerprint density at radius 1 is 1.23 bits per heavy atom. The minimum Gasteiger partial charge on any atom is -0.396 e.